The van der Waals surface area contributed by atoms with Crippen LogP contribution in [-0.4, -0.2) is 113 Å². The van der Waals surface area contributed by atoms with Crippen molar-refractivity contribution in [1.29, 1.82) is 0 Å². The number of hydrogen-bond acceptors (Lipinski definition) is 12. The lowest BCUT2D eigenvalue weighted by Crippen LogP contribution is -2.59. The Morgan fingerprint density at radius 2 is 1.42 bits per heavy atom. The van der Waals surface area contributed by atoms with Crippen LogP contribution in [-0.2, 0) is 31.1 Å². The molecule has 15 heteroatoms. The van der Waals surface area contributed by atoms with Crippen LogP contribution in [0.25, 0.3) is 0 Å². The van der Waals surface area contributed by atoms with E-state index in [1.807, 2.05) is 151 Å². The summed E-state index contributed by atoms with van der Waals surface area (Å²) in [4.78, 5) is 82.7. The number of piperazine rings is 1. The standard InChI is InChI=1S/C63H60N8O7/c1-43(46-20-9-4-10-21-46)66-62(76)70-52-31-26-44(19-15-34-67(2)42-45-17-7-3-8-18-45)41-51(52)63(60(70)75)53(58(73)68-35-37-69(38-36-68)61-64-32-16-33-65-61)55-59(74)78-56(48-24-13-6-14-25-48)54(47-22-11-5-12-23-47)71(55)57(63)49-27-29-50(30-28-49)77-40-39-72/h3-14,16-18,20-33,41,43,53-57,72H,34-40,42H2,1-2H3,(H,66,76)/t43-,53+,54+,55+,56-,57-,63+/m1/s1. The number of morpholine rings is 1. The summed E-state index contributed by atoms with van der Waals surface area (Å²) in [6, 6.07) is 48.7. The van der Waals surface area contributed by atoms with E-state index in [0.29, 0.717) is 54.6 Å². The Hall–Kier alpha value is -8.68. The van der Waals surface area contributed by atoms with Crippen LogP contribution in [0.5, 0.6) is 5.75 Å². The van der Waals surface area contributed by atoms with Crippen LogP contribution in [0.15, 0.2) is 182 Å². The SMILES string of the molecule is C[C@@H](NC(=O)N1C(=O)[C@@]2(c3cc(C#CCN(C)Cc4ccccc4)ccc31)[C@H](C(=O)N1CCN(c3ncccn3)CC1)[C@H]1C(=O)O[C@H](c3ccccc3)[C@H](c3ccccc3)N1[C@@H]2c1ccc(OCCO)cc1)c1ccccc1. The van der Waals surface area contributed by atoms with Gasteiger partial charge in [0, 0.05) is 50.7 Å². The number of nitrogens with one attached hydrogen (secondary N) is 1. The predicted molar refractivity (Wildman–Crippen MR) is 295 cm³/mol. The van der Waals surface area contributed by atoms with Gasteiger partial charge in [-0.3, -0.25) is 24.2 Å². The minimum atomic E-state index is -1.99. The Balaban J connectivity index is 1.13. The smallest absolute Gasteiger partial charge is 0.329 e. The summed E-state index contributed by atoms with van der Waals surface area (Å²) in [5.41, 5.74) is 3.26. The van der Waals surface area contributed by atoms with Crippen molar-refractivity contribution in [1.82, 2.24) is 30.0 Å². The molecule has 7 aromatic rings. The molecular formula is C63H60N8O7. The average molecular weight is 1040 g/mol. The molecule has 3 fully saturated rings. The van der Waals surface area contributed by atoms with Gasteiger partial charge in [-0.2, -0.15) is 0 Å². The molecule has 0 aliphatic carbocycles. The van der Waals surface area contributed by atoms with Crippen molar-refractivity contribution in [2.45, 2.75) is 49.2 Å². The molecule has 4 aliphatic heterocycles. The van der Waals surface area contributed by atoms with Crippen LogP contribution in [0, 0.1) is 17.8 Å². The molecule has 0 radical (unpaired) electrons. The van der Waals surface area contributed by atoms with Crippen molar-refractivity contribution in [3.8, 4) is 17.6 Å². The largest absolute Gasteiger partial charge is 0.491 e. The number of benzene rings is 6. The first kappa shape index (κ1) is 51.4. The van der Waals surface area contributed by atoms with Crippen LogP contribution in [0.2, 0.25) is 0 Å². The van der Waals surface area contributed by atoms with Gasteiger partial charge in [-0.05, 0) is 83.8 Å². The molecule has 6 aromatic carbocycles. The van der Waals surface area contributed by atoms with Gasteiger partial charge in [-0.25, -0.2) is 19.7 Å². The number of urea groups is 1. The van der Waals surface area contributed by atoms with Crippen molar-refractivity contribution >= 4 is 35.5 Å². The fourth-order valence-corrected chi connectivity index (χ4v) is 12.0. The number of amides is 4. The quantitative estimate of drug-likeness (QED) is 0.0853. The molecule has 0 unspecified atom stereocenters. The fourth-order valence-electron chi connectivity index (χ4n) is 12.0. The summed E-state index contributed by atoms with van der Waals surface area (Å²) in [5.74, 6) is 4.47. The Morgan fingerprint density at radius 1 is 0.782 bits per heavy atom. The normalized spacial score (nSPS) is 22.1. The molecule has 0 saturated carbocycles. The lowest BCUT2D eigenvalue weighted by atomic mass is 9.64. The van der Waals surface area contributed by atoms with E-state index in [-0.39, 0.29) is 32.0 Å². The topological polar surface area (TPSA) is 161 Å². The third-order valence-corrected chi connectivity index (χ3v) is 15.4. The number of esters is 1. The molecule has 4 aliphatic rings. The minimum absolute atomic E-state index is 0.0466. The van der Waals surface area contributed by atoms with E-state index in [9.17, 15) is 5.11 Å². The van der Waals surface area contributed by atoms with Crippen molar-refractivity contribution < 1.29 is 33.8 Å². The number of carbonyl (C=O) groups excluding carboxylic acids is 4. The van der Waals surface area contributed by atoms with E-state index in [1.165, 1.54) is 4.90 Å². The number of imide groups is 1. The number of anilines is 2. The number of nitrogens with zero attached hydrogens (tertiary/aromatic N) is 7. The molecule has 3 saturated heterocycles. The molecule has 11 rings (SSSR count). The minimum Gasteiger partial charge on any atom is -0.491 e. The van der Waals surface area contributed by atoms with Gasteiger partial charge in [-0.1, -0.05) is 145 Å². The molecule has 5 heterocycles. The van der Waals surface area contributed by atoms with E-state index in [1.54, 1.807) is 47.6 Å². The van der Waals surface area contributed by atoms with E-state index in [2.05, 4.69) is 44.2 Å². The number of fused-ring (bicyclic) bond motifs is 3. The van der Waals surface area contributed by atoms with E-state index in [4.69, 9.17) is 9.47 Å². The highest BCUT2D eigenvalue weighted by atomic mass is 16.6. The molecule has 7 atom stereocenters. The van der Waals surface area contributed by atoms with Gasteiger partial charge in [0.1, 0.15) is 29.9 Å². The number of carbonyl (C=O) groups is 4. The van der Waals surface area contributed by atoms with Crippen molar-refractivity contribution in [2.24, 2.45) is 5.92 Å². The van der Waals surface area contributed by atoms with Gasteiger partial charge in [-0.15, -0.1) is 0 Å². The van der Waals surface area contributed by atoms with Crippen LogP contribution in [0.4, 0.5) is 16.4 Å². The maximum absolute atomic E-state index is 17.0. The fraction of sp³-hybridized carbons (Fsp3) is 0.270. The second kappa shape index (κ2) is 22.5. The lowest BCUT2D eigenvalue weighted by molar-refractivity contribution is -0.179. The number of rotatable bonds is 13. The zero-order valence-electron chi connectivity index (χ0n) is 43.5. The Bertz CT molecular complexity index is 3320. The van der Waals surface area contributed by atoms with Crippen molar-refractivity contribution in [3.05, 3.63) is 221 Å². The van der Waals surface area contributed by atoms with E-state index >= 15 is 19.2 Å². The molecule has 4 amide bonds. The zero-order valence-corrected chi connectivity index (χ0v) is 43.5. The van der Waals surface area contributed by atoms with Gasteiger partial charge in [0.2, 0.25) is 17.8 Å². The monoisotopic (exact) mass is 1040 g/mol. The van der Waals surface area contributed by atoms with Gasteiger partial charge in [0.25, 0.3) is 0 Å². The third-order valence-electron chi connectivity index (χ3n) is 15.4. The lowest BCUT2D eigenvalue weighted by Gasteiger charge is -2.46. The van der Waals surface area contributed by atoms with Crippen LogP contribution in [0.1, 0.15) is 70.1 Å². The Kier molecular flexibility index (Phi) is 14.8. The maximum atomic E-state index is 17.0. The molecule has 1 spiro atoms. The van der Waals surface area contributed by atoms with Gasteiger partial charge in [0.15, 0.2) is 0 Å². The number of cyclic esters (lactones) is 1. The summed E-state index contributed by atoms with van der Waals surface area (Å²) in [6.07, 6.45) is 2.45. The maximum Gasteiger partial charge on any atom is 0.329 e. The second-order valence-corrected chi connectivity index (χ2v) is 20.2. The molecular weight excluding hydrogens is 981 g/mol. The molecule has 15 nitrogen and oxygen atoms in total. The van der Waals surface area contributed by atoms with Crippen LogP contribution < -0.4 is 19.9 Å². The number of hydrogen-bond donors (Lipinski definition) is 2. The predicted octanol–water partition coefficient (Wildman–Crippen LogP) is 7.82. The second-order valence-electron chi connectivity index (χ2n) is 20.2. The van der Waals surface area contributed by atoms with Crippen LogP contribution >= 0.6 is 0 Å². The molecule has 0 bridgehead atoms. The summed E-state index contributed by atoms with van der Waals surface area (Å²) >= 11 is 0. The van der Waals surface area contributed by atoms with E-state index < -0.39 is 65.4 Å². The first-order chi connectivity index (χ1) is 38.1. The number of aromatic nitrogens is 2. The summed E-state index contributed by atoms with van der Waals surface area (Å²) in [7, 11) is 2.00. The third kappa shape index (κ3) is 9.74. The first-order valence-corrected chi connectivity index (χ1v) is 26.4. The number of ether oxygens (including phenoxy) is 2. The zero-order chi connectivity index (χ0) is 53.8. The molecule has 1 aromatic heterocycles. The summed E-state index contributed by atoms with van der Waals surface area (Å²) < 4.78 is 12.6. The molecule has 394 valence electrons. The number of aliphatic hydroxyl groups is 1. The highest BCUT2D eigenvalue weighted by Crippen LogP contribution is 2.66. The Morgan fingerprint density at radius 3 is 2.09 bits per heavy atom. The molecule has 2 N–H and O–H groups in total. The average Bonchev–Trinajstić information content (AvgIpc) is 3.00. The highest BCUT2D eigenvalue weighted by Gasteiger charge is 2.76. The number of aliphatic hydroxyl groups excluding tert-OH is 1. The molecule has 78 heavy (non-hydrogen) atoms. The first-order valence-electron chi connectivity index (χ1n) is 26.4. The Labute approximate surface area is 454 Å². The van der Waals surface area contributed by atoms with Crippen LogP contribution in [0.3, 0.4) is 0 Å². The van der Waals surface area contributed by atoms with E-state index in [0.717, 1.165) is 22.3 Å². The summed E-state index contributed by atoms with van der Waals surface area (Å²) in [6.45, 7) is 3.99. The van der Waals surface area contributed by atoms with Gasteiger partial charge >= 0.3 is 12.0 Å². The van der Waals surface area contributed by atoms with Crippen molar-refractivity contribution in [2.75, 3.05) is 62.8 Å². The highest BCUT2D eigenvalue weighted by molar-refractivity contribution is 6.24. The van der Waals surface area contributed by atoms with Gasteiger partial charge < -0.3 is 29.7 Å². The van der Waals surface area contributed by atoms with Gasteiger partial charge in [0.05, 0.1) is 42.9 Å². The summed E-state index contributed by atoms with van der Waals surface area (Å²) in [5, 5.41) is 12.9. The van der Waals surface area contributed by atoms with Crippen molar-refractivity contribution in [3.63, 3.8) is 0 Å².